The third-order valence-electron chi connectivity index (χ3n) is 6.39. The fourth-order valence-electron chi connectivity index (χ4n) is 4.63. The molecule has 1 aliphatic rings. The number of halogens is 1. The third-order valence-corrected chi connectivity index (χ3v) is 6.88. The summed E-state index contributed by atoms with van der Waals surface area (Å²) in [5.41, 5.74) is 3.79. The van der Waals surface area contributed by atoms with Gasteiger partial charge in [-0.2, -0.15) is 5.10 Å². The number of carbonyl (C=O) groups is 2. The molecule has 0 aliphatic carbocycles. The second-order valence-electron chi connectivity index (χ2n) is 8.98. The summed E-state index contributed by atoms with van der Waals surface area (Å²) in [7, 11) is 0. The molecule has 38 heavy (non-hydrogen) atoms. The lowest BCUT2D eigenvalue weighted by molar-refractivity contribution is -0.141. The molecule has 1 unspecified atom stereocenters. The summed E-state index contributed by atoms with van der Waals surface area (Å²) in [6, 6.07) is 24.5. The molecule has 0 radical (unpaired) electrons. The van der Waals surface area contributed by atoms with Gasteiger partial charge in [-0.25, -0.2) is 5.01 Å². The van der Waals surface area contributed by atoms with Gasteiger partial charge in [0, 0.05) is 33.8 Å². The summed E-state index contributed by atoms with van der Waals surface area (Å²) in [5, 5.41) is 15.9. The van der Waals surface area contributed by atoms with Crippen LogP contribution in [0.1, 0.15) is 30.4 Å². The molecule has 0 spiro atoms. The van der Waals surface area contributed by atoms with Gasteiger partial charge in [-0.1, -0.05) is 88.7 Å². The number of amides is 1. The molecule has 3 aromatic carbocycles. The van der Waals surface area contributed by atoms with Crippen molar-refractivity contribution in [2.45, 2.75) is 25.3 Å². The molecule has 2 N–H and O–H groups in total. The van der Waals surface area contributed by atoms with Crippen molar-refractivity contribution in [1.82, 2.24) is 9.99 Å². The average molecular weight is 570 g/mol. The standard InChI is InChI=1S/C30H24BrN3O4/c31-21-12-14-24-23(17-21)28(20-9-5-2-6-10-20)29(30(38)32-24)25-18-22(13-11-19-7-3-1-4-8-19)34(33-25)26(35)15-16-27(36)37/h1-14,17,22H,15-16,18H2,(H,32,38)(H,36,37). The summed E-state index contributed by atoms with van der Waals surface area (Å²) in [4.78, 5) is 40.7. The van der Waals surface area contributed by atoms with Crippen molar-refractivity contribution in [2.24, 2.45) is 5.10 Å². The highest BCUT2D eigenvalue weighted by Crippen LogP contribution is 2.34. The Balaban J connectivity index is 1.64. The first-order valence-corrected chi connectivity index (χ1v) is 13.0. The summed E-state index contributed by atoms with van der Waals surface area (Å²) in [5.74, 6) is -1.47. The number of aliphatic carboxylic acids is 1. The Bertz CT molecular complexity index is 1630. The van der Waals surface area contributed by atoms with Crippen molar-refractivity contribution in [2.75, 3.05) is 0 Å². The molecule has 0 fully saturated rings. The molecule has 1 aliphatic heterocycles. The van der Waals surface area contributed by atoms with Crippen molar-refractivity contribution in [3.8, 4) is 11.1 Å². The van der Waals surface area contributed by atoms with Crippen molar-refractivity contribution < 1.29 is 14.7 Å². The van der Waals surface area contributed by atoms with E-state index >= 15 is 0 Å². The van der Waals surface area contributed by atoms with Crippen LogP contribution < -0.4 is 5.56 Å². The molecule has 190 valence electrons. The van der Waals surface area contributed by atoms with Crippen LogP contribution in [0.3, 0.4) is 0 Å². The Morgan fingerprint density at radius 1 is 1.00 bits per heavy atom. The van der Waals surface area contributed by atoms with Crippen LogP contribution in [0, 0.1) is 0 Å². The van der Waals surface area contributed by atoms with Gasteiger partial charge in [0.1, 0.15) is 0 Å². The van der Waals surface area contributed by atoms with Gasteiger partial charge in [-0.3, -0.25) is 14.4 Å². The number of benzene rings is 3. The first kappa shape index (κ1) is 25.4. The molecular weight excluding hydrogens is 546 g/mol. The molecular formula is C30H24BrN3O4. The number of hydrogen-bond donors (Lipinski definition) is 2. The number of nitrogens with one attached hydrogen (secondary N) is 1. The molecule has 1 atom stereocenters. The van der Waals surface area contributed by atoms with Crippen LogP contribution in [-0.2, 0) is 9.59 Å². The number of aromatic amines is 1. The third kappa shape index (κ3) is 5.35. The highest BCUT2D eigenvalue weighted by molar-refractivity contribution is 9.10. The van der Waals surface area contributed by atoms with E-state index in [9.17, 15) is 14.4 Å². The van der Waals surface area contributed by atoms with Gasteiger partial charge >= 0.3 is 5.97 Å². The predicted molar refractivity (Wildman–Crippen MR) is 152 cm³/mol. The lowest BCUT2D eigenvalue weighted by atomic mass is 9.92. The molecule has 5 rings (SSSR count). The highest BCUT2D eigenvalue weighted by atomic mass is 79.9. The lowest BCUT2D eigenvalue weighted by Crippen LogP contribution is -2.31. The van der Waals surface area contributed by atoms with Gasteiger partial charge < -0.3 is 10.1 Å². The number of carboxylic acid groups (broad SMARTS) is 1. The molecule has 1 aromatic heterocycles. The molecule has 0 saturated heterocycles. The Morgan fingerprint density at radius 2 is 1.71 bits per heavy atom. The second kappa shape index (κ2) is 11.0. The maximum Gasteiger partial charge on any atom is 0.303 e. The fraction of sp³-hybridized carbons (Fsp3) is 0.133. The number of carbonyl (C=O) groups excluding carboxylic acids is 1. The molecule has 0 saturated carbocycles. The van der Waals surface area contributed by atoms with Crippen LogP contribution in [0.4, 0.5) is 0 Å². The zero-order valence-corrected chi connectivity index (χ0v) is 21.9. The Kier molecular flexibility index (Phi) is 7.33. The van der Waals surface area contributed by atoms with Gasteiger partial charge in [-0.15, -0.1) is 0 Å². The highest BCUT2D eigenvalue weighted by Gasteiger charge is 2.33. The fourth-order valence-corrected chi connectivity index (χ4v) is 4.99. The summed E-state index contributed by atoms with van der Waals surface area (Å²) < 4.78 is 0.864. The number of carboxylic acids is 1. The van der Waals surface area contributed by atoms with Crippen molar-refractivity contribution >= 4 is 50.5 Å². The number of aromatic nitrogens is 1. The zero-order chi connectivity index (χ0) is 26.6. The van der Waals surface area contributed by atoms with Gasteiger partial charge in [0.15, 0.2) is 0 Å². The zero-order valence-electron chi connectivity index (χ0n) is 20.3. The topological polar surface area (TPSA) is 103 Å². The monoisotopic (exact) mass is 569 g/mol. The number of hydrazone groups is 1. The maximum absolute atomic E-state index is 13.5. The summed E-state index contributed by atoms with van der Waals surface area (Å²) >= 11 is 3.54. The Hall–Kier alpha value is -4.30. The molecule has 1 amide bonds. The van der Waals surface area contributed by atoms with Crippen LogP contribution >= 0.6 is 15.9 Å². The van der Waals surface area contributed by atoms with Crippen LogP contribution in [0.5, 0.6) is 0 Å². The van der Waals surface area contributed by atoms with Crippen LogP contribution in [0.25, 0.3) is 28.1 Å². The van der Waals surface area contributed by atoms with E-state index in [0.717, 1.165) is 26.5 Å². The Labute approximate surface area is 227 Å². The quantitative estimate of drug-likeness (QED) is 0.292. The minimum atomic E-state index is -1.05. The number of H-pyrrole nitrogens is 1. The normalized spacial score (nSPS) is 15.2. The Morgan fingerprint density at radius 3 is 2.42 bits per heavy atom. The van der Waals surface area contributed by atoms with E-state index in [4.69, 9.17) is 5.11 Å². The average Bonchev–Trinajstić information content (AvgIpc) is 3.35. The molecule has 8 heteroatoms. The van der Waals surface area contributed by atoms with Crippen molar-refractivity contribution in [1.29, 1.82) is 0 Å². The smallest absolute Gasteiger partial charge is 0.303 e. The first-order chi connectivity index (χ1) is 18.4. The molecule has 2 heterocycles. The number of rotatable bonds is 7. The predicted octanol–water partition coefficient (Wildman–Crippen LogP) is 5.84. The van der Waals surface area contributed by atoms with E-state index in [1.807, 2.05) is 91.0 Å². The van der Waals surface area contributed by atoms with E-state index in [-0.39, 0.29) is 18.4 Å². The number of pyridine rings is 1. The summed E-state index contributed by atoms with van der Waals surface area (Å²) in [6.07, 6.45) is 3.60. The summed E-state index contributed by atoms with van der Waals surface area (Å²) in [6.45, 7) is 0. The van der Waals surface area contributed by atoms with E-state index in [0.29, 0.717) is 23.2 Å². The van der Waals surface area contributed by atoms with Crippen molar-refractivity contribution in [3.05, 3.63) is 111 Å². The lowest BCUT2D eigenvalue weighted by Gasteiger charge is -2.18. The minimum absolute atomic E-state index is 0.186. The van der Waals surface area contributed by atoms with E-state index in [1.54, 1.807) is 0 Å². The number of fused-ring (bicyclic) bond motifs is 1. The SMILES string of the molecule is O=C(O)CCC(=O)N1N=C(c2c(-c3ccccc3)c3cc(Br)ccc3[nH]c2=O)CC1C=Cc1ccccc1. The maximum atomic E-state index is 13.5. The van der Waals surface area contributed by atoms with Crippen LogP contribution in [0.2, 0.25) is 0 Å². The first-order valence-electron chi connectivity index (χ1n) is 12.2. The van der Waals surface area contributed by atoms with E-state index in [2.05, 4.69) is 26.0 Å². The molecule has 4 aromatic rings. The van der Waals surface area contributed by atoms with Gasteiger partial charge in [-0.05, 0) is 29.3 Å². The van der Waals surface area contributed by atoms with Gasteiger partial charge in [0.2, 0.25) is 5.91 Å². The van der Waals surface area contributed by atoms with Crippen molar-refractivity contribution in [3.63, 3.8) is 0 Å². The van der Waals surface area contributed by atoms with Crippen LogP contribution in [-0.4, -0.2) is 38.7 Å². The van der Waals surface area contributed by atoms with Gasteiger partial charge in [0.25, 0.3) is 5.56 Å². The largest absolute Gasteiger partial charge is 0.481 e. The number of hydrogen-bond acceptors (Lipinski definition) is 4. The van der Waals surface area contributed by atoms with E-state index in [1.165, 1.54) is 5.01 Å². The minimum Gasteiger partial charge on any atom is -0.481 e. The van der Waals surface area contributed by atoms with Gasteiger partial charge in [0.05, 0.1) is 23.7 Å². The molecule has 7 nitrogen and oxygen atoms in total. The van der Waals surface area contributed by atoms with Crippen LogP contribution in [0.15, 0.2) is 99.3 Å². The number of nitrogens with zero attached hydrogens (tertiary/aromatic N) is 2. The second-order valence-corrected chi connectivity index (χ2v) is 9.90. The molecule has 0 bridgehead atoms. The van der Waals surface area contributed by atoms with E-state index < -0.39 is 17.9 Å².